The highest BCUT2D eigenvalue weighted by Gasteiger charge is 2.33. The van der Waals surface area contributed by atoms with Crippen molar-refractivity contribution in [2.75, 3.05) is 24.6 Å². The van der Waals surface area contributed by atoms with E-state index in [1.807, 2.05) is 0 Å². The summed E-state index contributed by atoms with van der Waals surface area (Å²) in [4.78, 5) is 2.78. The van der Waals surface area contributed by atoms with Crippen LogP contribution in [0.15, 0.2) is 0 Å². The minimum atomic E-state index is 0.663. The summed E-state index contributed by atoms with van der Waals surface area (Å²) >= 11 is 2.07. The first-order valence-electron chi connectivity index (χ1n) is 8.04. The molecule has 0 aromatic rings. The molecule has 1 heterocycles. The van der Waals surface area contributed by atoms with Crippen LogP contribution in [-0.2, 0) is 0 Å². The summed E-state index contributed by atoms with van der Waals surface area (Å²) in [6.45, 7) is 16.5. The van der Waals surface area contributed by atoms with E-state index in [1.54, 1.807) is 0 Å². The lowest BCUT2D eigenvalue weighted by atomic mass is 9.92. The molecule has 1 aliphatic heterocycles. The van der Waals surface area contributed by atoms with E-state index in [1.165, 1.54) is 24.5 Å². The maximum atomic E-state index is 3.76. The fourth-order valence-electron chi connectivity index (χ4n) is 2.95. The Labute approximate surface area is 125 Å². The standard InChI is InChI=1S/C16H34N2S/c1-7-19-9-8-14(6)18-11-15(12(2)3)17-10-16(18)13(4)5/h12-17H,7-11H2,1-6H3. The van der Waals surface area contributed by atoms with E-state index in [2.05, 4.69) is 63.5 Å². The van der Waals surface area contributed by atoms with E-state index in [9.17, 15) is 0 Å². The van der Waals surface area contributed by atoms with Crippen LogP contribution in [0.3, 0.4) is 0 Å². The van der Waals surface area contributed by atoms with Crippen molar-refractivity contribution < 1.29 is 0 Å². The molecule has 2 nitrogen and oxygen atoms in total. The fraction of sp³-hybridized carbons (Fsp3) is 1.00. The molecular weight excluding hydrogens is 252 g/mol. The van der Waals surface area contributed by atoms with Gasteiger partial charge in [0.05, 0.1) is 0 Å². The van der Waals surface area contributed by atoms with Crippen LogP contribution in [0.25, 0.3) is 0 Å². The van der Waals surface area contributed by atoms with Crippen molar-refractivity contribution in [2.45, 2.75) is 66.1 Å². The predicted molar refractivity (Wildman–Crippen MR) is 89.0 cm³/mol. The van der Waals surface area contributed by atoms with Gasteiger partial charge in [-0.1, -0.05) is 34.6 Å². The Morgan fingerprint density at radius 3 is 2.37 bits per heavy atom. The van der Waals surface area contributed by atoms with E-state index >= 15 is 0 Å². The second kappa shape index (κ2) is 8.53. The molecule has 19 heavy (non-hydrogen) atoms. The quantitative estimate of drug-likeness (QED) is 0.721. The van der Waals surface area contributed by atoms with Gasteiger partial charge >= 0.3 is 0 Å². The number of piperazine rings is 1. The minimum Gasteiger partial charge on any atom is -0.311 e. The number of nitrogens with zero attached hydrogens (tertiary/aromatic N) is 1. The Balaban J connectivity index is 2.60. The van der Waals surface area contributed by atoms with Crippen LogP contribution < -0.4 is 5.32 Å². The molecule has 0 amide bonds. The molecule has 3 heteroatoms. The molecule has 1 saturated heterocycles. The third-order valence-corrected chi connectivity index (χ3v) is 5.38. The number of hydrogen-bond acceptors (Lipinski definition) is 3. The van der Waals surface area contributed by atoms with Crippen molar-refractivity contribution >= 4 is 11.8 Å². The first-order valence-corrected chi connectivity index (χ1v) is 9.19. The number of rotatable bonds is 7. The zero-order chi connectivity index (χ0) is 14.4. The first kappa shape index (κ1) is 17.3. The van der Waals surface area contributed by atoms with Gasteiger partial charge in [0.1, 0.15) is 0 Å². The van der Waals surface area contributed by atoms with Crippen LogP contribution in [0.4, 0.5) is 0 Å². The van der Waals surface area contributed by atoms with E-state index in [-0.39, 0.29) is 0 Å². The lowest BCUT2D eigenvalue weighted by Gasteiger charge is -2.46. The van der Waals surface area contributed by atoms with Crippen LogP contribution in [0.5, 0.6) is 0 Å². The molecule has 0 aromatic heterocycles. The topological polar surface area (TPSA) is 15.3 Å². The largest absolute Gasteiger partial charge is 0.311 e. The van der Waals surface area contributed by atoms with Gasteiger partial charge in [-0.05, 0) is 36.7 Å². The molecule has 114 valence electrons. The second-order valence-corrected chi connectivity index (χ2v) is 8.00. The smallest absolute Gasteiger partial charge is 0.0247 e. The van der Waals surface area contributed by atoms with Gasteiger partial charge in [0.25, 0.3) is 0 Å². The molecule has 0 saturated carbocycles. The van der Waals surface area contributed by atoms with Gasteiger partial charge in [-0.2, -0.15) is 11.8 Å². The summed E-state index contributed by atoms with van der Waals surface area (Å²) in [6, 6.07) is 2.09. The average Bonchev–Trinajstić information content (AvgIpc) is 2.37. The predicted octanol–water partition coefficient (Wildman–Crippen LogP) is 3.47. The highest BCUT2D eigenvalue weighted by atomic mass is 32.2. The molecule has 0 radical (unpaired) electrons. The SMILES string of the molecule is CCSCCC(C)N1CC(C(C)C)NCC1C(C)C. The summed E-state index contributed by atoms with van der Waals surface area (Å²) in [6.07, 6.45) is 1.33. The number of hydrogen-bond donors (Lipinski definition) is 1. The Kier molecular flexibility index (Phi) is 7.78. The molecule has 1 rings (SSSR count). The summed E-state index contributed by atoms with van der Waals surface area (Å²) in [5.41, 5.74) is 0. The number of thioether (sulfide) groups is 1. The zero-order valence-corrected chi connectivity index (χ0v) is 14.6. The highest BCUT2D eigenvalue weighted by Crippen LogP contribution is 2.22. The summed E-state index contributed by atoms with van der Waals surface area (Å²) < 4.78 is 0. The van der Waals surface area contributed by atoms with E-state index in [4.69, 9.17) is 0 Å². The maximum absolute atomic E-state index is 3.76. The van der Waals surface area contributed by atoms with Crippen molar-refractivity contribution in [2.24, 2.45) is 11.8 Å². The fourth-order valence-corrected chi connectivity index (χ4v) is 3.75. The van der Waals surface area contributed by atoms with Crippen molar-refractivity contribution in [1.29, 1.82) is 0 Å². The van der Waals surface area contributed by atoms with Gasteiger partial charge in [0.15, 0.2) is 0 Å². The molecule has 0 aliphatic carbocycles. The lowest BCUT2D eigenvalue weighted by molar-refractivity contribution is 0.0508. The van der Waals surface area contributed by atoms with Crippen LogP contribution in [0, 0.1) is 11.8 Å². The normalized spacial score (nSPS) is 27.2. The van der Waals surface area contributed by atoms with Gasteiger partial charge in [-0.25, -0.2) is 0 Å². The van der Waals surface area contributed by atoms with Crippen molar-refractivity contribution in [3.63, 3.8) is 0 Å². The monoisotopic (exact) mass is 286 g/mol. The van der Waals surface area contributed by atoms with Crippen molar-refractivity contribution in [3.05, 3.63) is 0 Å². The van der Waals surface area contributed by atoms with Gasteiger partial charge in [0, 0.05) is 31.2 Å². The molecule has 0 aromatic carbocycles. The first-order chi connectivity index (χ1) is 8.97. The Hall–Kier alpha value is 0.270. The van der Waals surface area contributed by atoms with Gasteiger partial charge in [-0.15, -0.1) is 0 Å². The van der Waals surface area contributed by atoms with Crippen LogP contribution in [0.2, 0.25) is 0 Å². The molecule has 0 spiro atoms. The lowest BCUT2D eigenvalue weighted by Crippen LogP contribution is -2.61. The molecular formula is C16H34N2S. The maximum Gasteiger partial charge on any atom is 0.0247 e. The van der Waals surface area contributed by atoms with Crippen LogP contribution in [0.1, 0.15) is 48.0 Å². The van der Waals surface area contributed by atoms with Crippen LogP contribution >= 0.6 is 11.8 Å². The minimum absolute atomic E-state index is 0.663. The third-order valence-electron chi connectivity index (χ3n) is 4.45. The van der Waals surface area contributed by atoms with E-state index < -0.39 is 0 Å². The molecule has 0 bridgehead atoms. The summed E-state index contributed by atoms with van der Waals surface area (Å²) in [5, 5.41) is 3.76. The summed E-state index contributed by atoms with van der Waals surface area (Å²) in [7, 11) is 0. The Morgan fingerprint density at radius 2 is 1.84 bits per heavy atom. The van der Waals surface area contributed by atoms with Crippen molar-refractivity contribution in [1.82, 2.24) is 10.2 Å². The Morgan fingerprint density at radius 1 is 1.16 bits per heavy atom. The van der Waals surface area contributed by atoms with Gasteiger partial charge in [-0.3, -0.25) is 4.90 Å². The van der Waals surface area contributed by atoms with Gasteiger partial charge in [0.2, 0.25) is 0 Å². The molecule has 1 aliphatic rings. The van der Waals surface area contributed by atoms with Crippen molar-refractivity contribution in [3.8, 4) is 0 Å². The van der Waals surface area contributed by atoms with Crippen LogP contribution in [-0.4, -0.2) is 47.6 Å². The zero-order valence-electron chi connectivity index (χ0n) is 13.8. The molecule has 1 N–H and O–H groups in total. The van der Waals surface area contributed by atoms with E-state index in [0.29, 0.717) is 12.1 Å². The molecule has 3 unspecified atom stereocenters. The average molecular weight is 287 g/mol. The highest BCUT2D eigenvalue weighted by molar-refractivity contribution is 7.99. The number of nitrogens with one attached hydrogen (secondary N) is 1. The van der Waals surface area contributed by atoms with Gasteiger partial charge < -0.3 is 5.32 Å². The third kappa shape index (κ3) is 5.28. The second-order valence-electron chi connectivity index (χ2n) is 6.60. The van der Waals surface area contributed by atoms with E-state index in [0.717, 1.165) is 24.4 Å². The summed E-state index contributed by atoms with van der Waals surface area (Å²) in [5.74, 6) is 4.02. The molecule has 3 atom stereocenters. The molecule has 1 fully saturated rings. The Bertz CT molecular complexity index is 243.